The molecule has 1 aliphatic carbocycles. The van der Waals surface area contributed by atoms with Crippen LogP contribution in [0, 0.1) is 18.8 Å². The SMILES string of the molecule is Cc1cc(N2CCN(C(=O)[C@@H]3CC[C@H]3C(=O)[O-])CC2)c2ccccc2[nH+]1. The number of carbonyl (C=O) groups is 2. The molecule has 2 fully saturated rings. The van der Waals surface area contributed by atoms with E-state index in [9.17, 15) is 14.7 Å². The third kappa shape index (κ3) is 2.89. The number of hydrogen-bond donors (Lipinski definition) is 0. The highest BCUT2D eigenvalue weighted by Gasteiger charge is 2.40. The van der Waals surface area contributed by atoms with Crippen molar-refractivity contribution in [2.45, 2.75) is 19.8 Å². The number of aromatic amines is 1. The number of aryl methyl sites for hydroxylation is 1. The van der Waals surface area contributed by atoms with Gasteiger partial charge in [0.2, 0.25) is 11.4 Å². The third-order valence-corrected chi connectivity index (χ3v) is 5.71. The fourth-order valence-corrected chi connectivity index (χ4v) is 4.09. The highest BCUT2D eigenvalue weighted by Crippen LogP contribution is 2.35. The molecular formula is C20H23N3O3. The van der Waals surface area contributed by atoms with Crippen LogP contribution in [0.1, 0.15) is 18.5 Å². The van der Waals surface area contributed by atoms with E-state index in [-0.39, 0.29) is 11.8 Å². The second-order valence-corrected chi connectivity index (χ2v) is 7.30. The van der Waals surface area contributed by atoms with Gasteiger partial charge in [-0.3, -0.25) is 4.79 Å². The molecule has 0 spiro atoms. The van der Waals surface area contributed by atoms with Gasteiger partial charge < -0.3 is 19.7 Å². The molecular weight excluding hydrogens is 330 g/mol. The summed E-state index contributed by atoms with van der Waals surface area (Å²) in [5, 5.41) is 12.3. The van der Waals surface area contributed by atoms with E-state index in [1.807, 2.05) is 24.0 Å². The van der Waals surface area contributed by atoms with Gasteiger partial charge in [0.1, 0.15) is 0 Å². The lowest BCUT2D eigenvalue weighted by molar-refractivity contribution is -0.354. The summed E-state index contributed by atoms with van der Waals surface area (Å²) in [5.41, 5.74) is 3.39. The number of hydrogen-bond acceptors (Lipinski definition) is 4. The van der Waals surface area contributed by atoms with Gasteiger partial charge in [-0.1, -0.05) is 12.1 Å². The molecule has 2 heterocycles. The molecule has 0 radical (unpaired) electrons. The lowest BCUT2D eigenvalue weighted by atomic mass is 9.73. The van der Waals surface area contributed by atoms with Crippen LogP contribution in [0.2, 0.25) is 0 Å². The van der Waals surface area contributed by atoms with Gasteiger partial charge in [0.05, 0.1) is 11.1 Å². The fraction of sp³-hybridized carbons (Fsp3) is 0.450. The van der Waals surface area contributed by atoms with Gasteiger partial charge in [-0.2, -0.15) is 0 Å². The van der Waals surface area contributed by atoms with Crippen molar-refractivity contribution in [3.8, 4) is 0 Å². The molecule has 1 aromatic carbocycles. The Morgan fingerprint density at radius 2 is 1.77 bits per heavy atom. The second kappa shape index (κ2) is 6.59. The Hall–Kier alpha value is -2.63. The Morgan fingerprint density at radius 1 is 1.08 bits per heavy atom. The van der Waals surface area contributed by atoms with Gasteiger partial charge in [0.25, 0.3) is 0 Å². The minimum absolute atomic E-state index is 0.0208. The van der Waals surface area contributed by atoms with Crippen LogP contribution in [0.4, 0.5) is 5.69 Å². The number of pyridine rings is 1. The third-order valence-electron chi connectivity index (χ3n) is 5.71. The summed E-state index contributed by atoms with van der Waals surface area (Å²) in [6, 6.07) is 10.4. The number of carboxylic acids is 1. The Balaban J connectivity index is 1.48. The number of nitrogens with zero attached hydrogens (tertiary/aromatic N) is 2. The fourth-order valence-electron chi connectivity index (χ4n) is 4.09. The van der Waals surface area contributed by atoms with E-state index in [0.717, 1.165) is 24.3 Å². The molecule has 2 atom stereocenters. The first-order valence-corrected chi connectivity index (χ1v) is 9.21. The molecule has 2 aromatic rings. The van der Waals surface area contributed by atoms with E-state index >= 15 is 0 Å². The first-order chi connectivity index (χ1) is 12.5. The van der Waals surface area contributed by atoms with Gasteiger partial charge in [0.15, 0.2) is 5.69 Å². The first-order valence-electron chi connectivity index (χ1n) is 9.21. The van der Waals surface area contributed by atoms with Crippen LogP contribution >= 0.6 is 0 Å². The number of amides is 1. The zero-order valence-electron chi connectivity index (χ0n) is 14.9. The number of H-pyrrole nitrogens is 1. The van der Waals surface area contributed by atoms with Crippen molar-refractivity contribution in [3.05, 3.63) is 36.0 Å². The largest absolute Gasteiger partial charge is 0.550 e. The van der Waals surface area contributed by atoms with Crippen LogP contribution in [0.3, 0.4) is 0 Å². The highest BCUT2D eigenvalue weighted by atomic mass is 16.4. The molecule has 1 N–H and O–H groups in total. The van der Waals surface area contributed by atoms with Crippen molar-refractivity contribution >= 4 is 28.5 Å². The molecule has 26 heavy (non-hydrogen) atoms. The molecule has 1 aromatic heterocycles. The van der Waals surface area contributed by atoms with Crippen LogP contribution in [0.25, 0.3) is 10.9 Å². The molecule has 0 unspecified atom stereocenters. The van der Waals surface area contributed by atoms with Crippen LogP contribution in [0.5, 0.6) is 0 Å². The van der Waals surface area contributed by atoms with E-state index in [1.54, 1.807) is 0 Å². The van der Waals surface area contributed by atoms with E-state index < -0.39 is 11.9 Å². The number of piperazine rings is 1. The summed E-state index contributed by atoms with van der Waals surface area (Å²) in [4.78, 5) is 31.2. The van der Waals surface area contributed by atoms with Crippen LogP contribution in [-0.2, 0) is 9.59 Å². The Labute approximate surface area is 152 Å². The van der Waals surface area contributed by atoms with Crippen molar-refractivity contribution in [2.24, 2.45) is 11.8 Å². The van der Waals surface area contributed by atoms with Crippen LogP contribution < -0.4 is 15.0 Å². The zero-order valence-corrected chi connectivity index (χ0v) is 14.9. The van der Waals surface area contributed by atoms with Gasteiger partial charge in [0, 0.05) is 63.0 Å². The Bertz CT molecular complexity index is 859. The van der Waals surface area contributed by atoms with E-state index in [1.165, 1.54) is 11.1 Å². The lowest BCUT2D eigenvalue weighted by Gasteiger charge is -2.42. The maximum atomic E-state index is 12.6. The minimum atomic E-state index is -1.09. The number of nitrogens with one attached hydrogen (secondary N) is 1. The number of fused-ring (bicyclic) bond motifs is 1. The minimum Gasteiger partial charge on any atom is -0.550 e. The van der Waals surface area contributed by atoms with Crippen LogP contribution in [0.15, 0.2) is 30.3 Å². The predicted molar refractivity (Wildman–Crippen MR) is 95.3 cm³/mol. The average Bonchev–Trinajstić information content (AvgIpc) is 2.59. The molecule has 0 bridgehead atoms. The smallest absolute Gasteiger partial charge is 0.226 e. The first kappa shape index (κ1) is 16.8. The van der Waals surface area contributed by atoms with E-state index in [4.69, 9.17) is 0 Å². The van der Waals surface area contributed by atoms with Crippen molar-refractivity contribution in [3.63, 3.8) is 0 Å². The van der Waals surface area contributed by atoms with E-state index in [0.29, 0.717) is 25.9 Å². The summed E-state index contributed by atoms with van der Waals surface area (Å²) < 4.78 is 0. The molecule has 1 saturated carbocycles. The topological polar surface area (TPSA) is 77.8 Å². The van der Waals surface area contributed by atoms with Crippen molar-refractivity contribution < 1.29 is 19.7 Å². The Kier molecular flexibility index (Phi) is 4.26. The van der Waals surface area contributed by atoms with Gasteiger partial charge >= 0.3 is 0 Å². The summed E-state index contributed by atoms with van der Waals surface area (Å²) in [6.45, 7) is 4.80. The standard InChI is InChI=1S/C20H23N3O3/c1-13-12-18(16-4-2-3-5-17(16)21-13)22-8-10-23(11-9-22)19(24)14-6-7-15(14)20(25)26/h2-5,12,14-15H,6-11H2,1H3,(H,25,26)/t14-,15-/m1/s1. The van der Waals surface area contributed by atoms with Crippen molar-refractivity contribution in [1.82, 2.24) is 4.90 Å². The maximum absolute atomic E-state index is 12.6. The monoisotopic (exact) mass is 353 g/mol. The quantitative estimate of drug-likeness (QED) is 0.800. The molecule has 1 amide bonds. The molecule has 1 saturated heterocycles. The molecule has 6 heteroatoms. The lowest BCUT2D eigenvalue weighted by Crippen LogP contribution is -2.55. The number of aromatic nitrogens is 1. The Morgan fingerprint density at radius 3 is 2.42 bits per heavy atom. The predicted octanol–water partition coefficient (Wildman–Crippen LogP) is 0.387. The van der Waals surface area contributed by atoms with Gasteiger partial charge in [-0.15, -0.1) is 0 Å². The number of carbonyl (C=O) groups excluding carboxylic acids is 2. The number of aliphatic carboxylic acids is 1. The average molecular weight is 353 g/mol. The van der Waals surface area contributed by atoms with Gasteiger partial charge in [-0.05, 0) is 18.9 Å². The zero-order chi connectivity index (χ0) is 18.3. The van der Waals surface area contributed by atoms with E-state index in [2.05, 4.69) is 28.1 Å². The van der Waals surface area contributed by atoms with Crippen LogP contribution in [-0.4, -0.2) is 43.0 Å². The molecule has 136 valence electrons. The normalized spacial score (nSPS) is 23.0. The number of carboxylic acid groups (broad SMARTS) is 1. The highest BCUT2D eigenvalue weighted by molar-refractivity contribution is 5.90. The molecule has 4 rings (SSSR count). The summed E-state index contributed by atoms with van der Waals surface area (Å²) in [7, 11) is 0. The summed E-state index contributed by atoms with van der Waals surface area (Å²) >= 11 is 0. The molecule has 1 aliphatic heterocycles. The van der Waals surface area contributed by atoms with Crippen molar-refractivity contribution in [2.75, 3.05) is 31.1 Å². The van der Waals surface area contributed by atoms with Crippen molar-refractivity contribution in [1.29, 1.82) is 0 Å². The summed E-state index contributed by atoms with van der Waals surface area (Å²) in [5.74, 6) is -2.10. The number of para-hydroxylation sites is 1. The molecule has 2 aliphatic rings. The number of anilines is 1. The second-order valence-electron chi connectivity index (χ2n) is 7.30. The number of benzene rings is 1. The van der Waals surface area contributed by atoms with Gasteiger partial charge in [-0.25, -0.2) is 4.98 Å². The summed E-state index contributed by atoms with van der Waals surface area (Å²) in [6.07, 6.45) is 1.22. The maximum Gasteiger partial charge on any atom is 0.226 e. The number of rotatable bonds is 3. The molecule has 6 nitrogen and oxygen atoms in total.